The molecule has 0 heterocycles. The molecule has 0 saturated carbocycles. The number of nitrogens with one attached hydrogen (secondary N) is 1. The zero-order valence-corrected chi connectivity index (χ0v) is 22.2. The van der Waals surface area contributed by atoms with E-state index in [1.165, 1.54) is 11.9 Å². The molecule has 0 fully saturated rings. The van der Waals surface area contributed by atoms with Gasteiger partial charge in [-0.3, -0.25) is 9.59 Å². The molecule has 0 spiro atoms. The van der Waals surface area contributed by atoms with Gasteiger partial charge in [0.25, 0.3) is 0 Å². The Hall–Kier alpha value is -3.23. The summed E-state index contributed by atoms with van der Waals surface area (Å²) in [4.78, 5) is 28.1. The SMILES string of the molecule is CCC(C(=O)NC(C)C)N(CCc1ccccc1)C(=O)CN(C)S(=O)(=O)c1ccc2ccccc2c1. The molecule has 8 heteroatoms. The second-order valence-electron chi connectivity index (χ2n) is 9.18. The zero-order valence-electron chi connectivity index (χ0n) is 21.3. The normalized spacial score (nSPS) is 12.6. The zero-order chi connectivity index (χ0) is 26.3. The summed E-state index contributed by atoms with van der Waals surface area (Å²) in [5.41, 5.74) is 1.03. The van der Waals surface area contributed by atoms with Gasteiger partial charge in [-0.05, 0) is 55.2 Å². The Kier molecular flexibility index (Phi) is 9.23. The fourth-order valence-corrected chi connectivity index (χ4v) is 5.31. The van der Waals surface area contributed by atoms with Crippen molar-refractivity contribution in [3.8, 4) is 0 Å². The van der Waals surface area contributed by atoms with Crippen molar-refractivity contribution in [3.05, 3.63) is 78.4 Å². The van der Waals surface area contributed by atoms with Gasteiger partial charge in [-0.2, -0.15) is 4.31 Å². The highest BCUT2D eigenvalue weighted by Crippen LogP contribution is 2.21. The maximum atomic E-state index is 13.5. The molecule has 0 saturated heterocycles. The monoisotopic (exact) mass is 509 g/mol. The highest BCUT2D eigenvalue weighted by atomic mass is 32.2. The summed E-state index contributed by atoms with van der Waals surface area (Å²) in [5.74, 6) is -0.655. The lowest BCUT2D eigenvalue weighted by molar-refractivity contribution is -0.140. The third kappa shape index (κ3) is 6.71. The molecule has 2 amide bonds. The van der Waals surface area contributed by atoms with E-state index in [4.69, 9.17) is 0 Å². The van der Waals surface area contributed by atoms with Crippen molar-refractivity contribution in [2.45, 2.75) is 50.6 Å². The summed E-state index contributed by atoms with van der Waals surface area (Å²) in [5, 5.41) is 4.63. The standard InChI is InChI=1S/C28H35N3O4S/c1-5-26(28(33)29-21(2)3)31(18-17-22-11-7-6-8-12-22)27(32)20-30(4)36(34,35)25-16-15-23-13-9-10-14-24(23)19-25/h6-16,19,21,26H,5,17-18,20H2,1-4H3,(H,29,33). The minimum absolute atomic E-state index is 0.0754. The van der Waals surface area contributed by atoms with Gasteiger partial charge in [-0.1, -0.05) is 67.6 Å². The average molecular weight is 510 g/mol. The number of sulfonamides is 1. The van der Waals surface area contributed by atoms with Crippen LogP contribution in [-0.2, 0) is 26.0 Å². The van der Waals surface area contributed by atoms with Crippen molar-refractivity contribution in [2.24, 2.45) is 0 Å². The van der Waals surface area contributed by atoms with E-state index in [9.17, 15) is 18.0 Å². The Morgan fingerprint density at radius 1 is 0.917 bits per heavy atom. The molecular weight excluding hydrogens is 474 g/mol. The third-order valence-corrected chi connectivity index (χ3v) is 7.89. The van der Waals surface area contributed by atoms with E-state index in [0.717, 1.165) is 20.6 Å². The van der Waals surface area contributed by atoms with E-state index >= 15 is 0 Å². The van der Waals surface area contributed by atoms with Gasteiger partial charge in [0.05, 0.1) is 11.4 Å². The van der Waals surface area contributed by atoms with E-state index in [2.05, 4.69) is 5.32 Å². The van der Waals surface area contributed by atoms with Crippen LogP contribution in [0.1, 0.15) is 32.8 Å². The van der Waals surface area contributed by atoms with Gasteiger partial charge in [0.2, 0.25) is 21.8 Å². The summed E-state index contributed by atoms with van der Waals surface area (Å²) in [6, 6.07) is 21.4. The van der Waals surface area contributed by atoms with Crippen LogP contribution >= 0.6 is 0 Å². The molecule has 0 radical (unpaired) electrons. The largest absolute Gasteiger partial charge is 0.352 e. The van der Waals surface area contributed by atoms with E-state index in [1.807, 2.05) is 75.4 Å². The molecule has 192 valence electrons. The maximum absolute atomic E-state index is 13.5. The topological polar surface area (TPSA) is 86.8 Å². The van der Waals surface area contributed by atoms with Crippen LogP contribution in [0.5, 0.6) is 0 Å². The van der Waals surface area contributed by atoms with Gasteiger partial charge in [-0.15, -0.1) is 0 Å². The van der Waals surface area contributed by atoms with Crippen molar-refractivity contribution in [1.82, 2.24) is 14.5 Å². The number of likely N-dealkylation sites (N-methyl/N-ethyl adjacent to an activating group) is 1. The first-order valence-electron chi connectivity index (χ1n) is 12.2. The molecule has 0 aliphatic rings. The van der Waals surface area contributed by atoms with E-state index in [1.54, 1.807) is 18.2 Å². The minimum Gasteiger partial charge on any atom is -0.352 e. The summed E-state index contributed by atoms with van der Waals surface area (Å²) < 4.78 is 27.7. The summed E-state index contributed by atoms with van der Waals surface area (Å²) in [6.45, 7) is 5.52. The number of hydrogen-bond acceptors (Lipinski definition) is 4. The Balaban J connectivity index is 1.83. The number of nitrogens with zero attached hydrogens (tertiary/aromatic N) is 2. The van der Waals surface area contributed by atoms with Crippen LogP contribution < -0.4 is 5.32 Å². The van der Waals surface area contributed by atoms with Crippen LogP contribution in [0, 0.1) is 0 Å². The fraction of sp³-hybridized carbons (Fsp3) is 0.357. The quantitative estimate of drug-likeness (QED) is 0.426. The van der Waals surface area contributed by atoms with Crippen LogP contribution in [0.4, 0.5) is 0 Å². The number of fused-ring (bicyclic) bond motifs is 1. The molecule has 36 heavy (non-hydrogen) atoms. The van der Waals surface area contributed by atoms with Crippen LogP contribution in [0.2, 0.25) is 0 Å². The minimum atomic E-state index is -3.91. The molecular formula is C28H35N3O4S. The van der Waals surface area contributed by atoms with Crippen molar-refractivity contribution < 1.29 is 18.0 Å². The number of carbonyl (C=O) groups is 2. The first-order valence-corrected chi connectivity index (χ1v) is 13.7. The molecule has 1 atom stereocenters. The average Bonchev–Trinajstić information content (AvgIpc) is 2.86. The highest BCUT2D eigenvalue weighted by molar-refractivity contribution is 7.89. The van der Waals surface area contributed by atoms with Crippen LogP contribution in [-0.4, -0.2) is 61.7 Å². The second kappa shape index (κ2) is 12.1. The van der Waals surface area contributed by atoms with Crippen LogP contribution in [0.25, 0.3) is 10.8 Å². The number of hydrogen-bond donors (Lipinski definition) is 1. The van der Waals surface area contributed by atoms with Gasteiger partial charge < -0.3 is 10.2 Å². The van der Waals surface area contributed by atoms with Gasteiger partial charge in [0.15, 0.2) is 0 Å². The molecule has 0 aromatic heterocycles. The lowest BCUT2D eigenvalue weighted by atomic mass is 10.1. The van der Waals surface area contributed by atoms with Crippen LogP contribution in [0.15, 0.2) is 77.7 Å². The molecule has 3 aromatic rings. The van der Waals surface area contributed by atoms with Crippen LogP contribution in [0.3, 0.4) is 0 Å². The second-order valence-corrected chi connectivity index (χ2v) is 11.2. The third-order valence-electron chi connectivity index (χ3n) is 6.09. The predicted octanol–water partition coefficient (Wildman–Crippen LogP) is 3.83. The summed E-state index contributed by atoms with van der Waals surface area (Å²) in [7, 11) is -2.52. The van der Waals surface area contributed by atoms with Crippen molar-refractivity contribution in [1.29, 1.82) is 0 Å². The lowest BCUT2D eigenvalue weighted by Gasteiger charge is -2.32. The fourth-order valence-electron chi connectivity index (χ4n) is 4.15. The molecule has 1 unspecified atom stereocenters. The number of benzene rings is 3. The Bertz CT molecular complexity index is 1290. The molecule has 1 N–H and O–H groups in total. The molecule has 0 aliphatic carbocycles. The molecule has 0 bridgehead atoms. The van der Waals surface area contributed by atoms with Gasteiger partial charge in [0.1, 0.15) is 6.04 Å². The van der Waals surface area contributed by atoms with Crippen molar-refractivity contribution >= 4 is 32.6 Å². The molecule has 0 aliphatic heterocycles. The molecule has 7 nitrogen and oxygen atoms in total. The molecule has 3 rings (SSSR count). The number of amides is 2. The Morgan fingerprint density at radius 3 is 2.19 bits per heavy atom. The Morgan fingerprint density at radius 2 is 1.56 bits per heavy atom. The first kappa shape index (κ1) is 27.4. The van der Waals surface area contributed by atoms with Gasteiger partial charge >= 0.3 is 0 Å². The molecule has 3 aromatic carbocycles. The number of rotatable bonds is 11. The van der Waals surface area contributed by atoms with Crippen molar-refractivity contribution in [3.63, 3.8) is 0 Å². The summed E-state index contributed by atoms with van der Waals surface area (Å²) in [6.07, 6.45) is 0.972. The predicted molar refractivity (Wildman–Crippen MR) is 143 cm³/mol. The van der Waals surface area contributed by atoms with Gasteiger partial charge in [0, 0.05) is 19.6 Å². The lowest BCUT2D eigenvalue weighted by Crippen LogP contribution is -2.53. The smallest absolute Gasteiger partial charge is 0.243 e. The van der Waals surface area contributed by atoms with E-state index in [-0.39, 0.29) is 23.4 Å². The Labute approximate surface area is 214 Å². The number of carbonyl (C=O) groups excluding carboxylic acids is 2. The van der Waals surface area contributed by atoms with E-state index < -0.39 is 22.0 Å². The van der Waals surface area contributed by atoms with Gasteiger partial charge in [-0.25, -0.2) is 8.42 Å². The maximum Gasteiger partial charge on any atom is 0.243 e. The van der Waals surface area contributed by atoms with E-state index in [0.29, 0.717) is 19.4 Å². The highest BCUT2D eigenvalue weighted by Gasteiger charge is 2.31. The summed E-state index contributed by atoms with van der Waals surface area (Å²) >= 11 is 0. The first-order chi connectivity index (χ1) is 17.1. The van der Waals surface area contributed by atoms with Crippen molar-refractivity contribution in [2.75, 3.05) is 20.1 Å².